The lowest BCUT2D eigenvalue weighted by atomic mass is 10.0. The lowest BCUT2D eigenvalue weighted by Crippen LogP contribution is -1.98. The standard InChI is InChI=1S/C16H18BrNO/c1-10(2)13-9-12(17)7-8-14(13)19-15-6-4-5-11(3)16(15)18/h4-10H,18H2,1-3H3. The summed E-state index contributed by atoms with van der Waals surface area (Å²) >= 11 is 3.50. The van der Waals surface area contributed by atoms with E-state index in [-0.39, 0.29) is 0 Å². The second kappa shape index (κ2) is 5.66. The number of para-hydroxylation sites is 1. The molecule has 0 bridgehead atoms. The van der Waals surface area contributed by atoms with Crippen molar-refractivity contribution in [2.24, 2.45) is 0 Å². The van der Waals surface area contributed by atoms with Crippen LogP contribution in [0.25, 0.3) is 0 Å². The van der Waals surface area contributed by atoms with E-state index < -0.39 is 0 Å². The van der Waals surface area contributed by atoms with Crippen LogP contribution < -0.4 is 10.5 Å². The minimum absolute atomic E-state index is 0.388. The molecule has 0 radical (unpaired) electrons. The highest BCUT2D eigenvalue weighted by Crippen LogP contribution is 2.35. The number of ether oxygens (including phenoxy) is 1. The smallest absolute Gasteiger partial charge is 0.150 e. The lowest BCUT2D eigenvalue weighted by Gasteiger charge is -2.16. The van der Waals surface area contributed by atoms with Crippen LogP contribution in [0.5, 0.6) is 11.5 Å². The Balaban J connectivity index is 2.41. The van der Waals surface area contributed by atoms with Gasteiger partial charge in [-0.1, -0.05) is 41.9 Å². The summed E-state index contributed by atoms with van der Waals surface area (Å²) in [4.78, 5) is 0. The predicted molar refractivity (Wildman–Crippen MR) is 83.9 cm³/mol. The molecule has 19 heavy (non-hydrogen) atoms. The van der Waals surface area contributed by atoms with E-state index in [2.05, 4.69) is 35.8 Å². The van der Waals surface area contributed by atoms with Crippen LogP contribution in [-0.4, -0.2) is 0 Å². The number of hydrogen-bond donors (Lipinski definition) is 1. The van der Waals surface area contributed by atoms with Crippen molar-refractivity contribution in [2.75, 3.05) is 5.73 Å². The monoisotopic (exact) mass is 319 g/mol. The first-order valence-electron chi connectivity index (χ1n) is 6.31. The minimum Gasteiger partial charge on any atom is -0.455 e. The van der Waals surface area contributed by atoms with Gasteiger partial charge in [-0.3, -0.25) is 0 Å². The first-order chi connectivity index (χ1) is 8.99. The molecule has 0 aliphatic carbocycles. The highest BCUT2D eigenvalue weighted by molar-refractivity contribution is 9.10. The van der Waals surface area contributed by atoms with E-state index in [1.54, 1.807) is 0 Å². The molecular weight excluding hydrogens is 302 g/mol. The van der Waals surface area contributed by atoms with Crippen molar-refractivity contribution in [1.82, 2.24) is 0 Å². The van der Waals surface area contributed by atoms with Gasteiger partial charge in [0.2, 0.25) is 0 Å². The summed E-state index contributed by atoms with van der Waals surface area (Å²) in [6.07, 6.45) is 0. The zero-order valence-corrected chi connectivity index (χ0v) is 13.0. The van der Waals surface area contributed by atoms with Gasteiger partial charge in [-0.2, -0.15) is 0 Å². The maximum atomic E-state index is 6.05. The van der Waals surface area contributed by atoms with Gasteiger partial charge < -0.3 is 10.5 Å². The van der Waals surface area contributed by atoms with Crippen LogP contribution in [0.2, 0.25) is 0 Å². The molecule has 2 aromatic rings. The van der Waals surface area contributed by atoms with Crippen molar-refractivity contribution in [3.05, 3.63) is 52.0 Å². The normalized spacial score (nSPS) is 10.8. The van der Waals surface area contributed by atoms with Gasteiger partial charge in [-0.05, 0) is 48.2 Å². The summed E-state index contributed by atoms with van der Waals surface area (Å²) in [7, 11) is 0. The summed E-state index contributed by atoms with van der Waals surface area (Å²) < 4.78 is 7.05. The largest absolute Gasteiger partial charge is 0.455 e. The van der Waals surface area contributed by atoms with E-state index in [4.69, 9.17) is 10.5 Å². The molecule has 0 spiro atoms. The molecule has 0 saturated heterocycles. The number of benzene rings is 2. The number of nitrogens with two attached hydrogens (primary N) is 1. The van der Waals surface area contributed by atoms with E-state index in [1.165, 1.54) is 0 Å². The second-order valence-electron chi connectivity index (χ2n) is 4.93. The average Bonchev–Trinajstić information content (AvgIpc) is 2.36. The molecule has 0 saturated carbocycles. The summed E-state index contributed by atoms with van der Waals surface area (Å²) in [5.74, 6) is 1.96. The first-order valence-corrected chi connectivity index (χ1v) is 7.10. The van der Waals surface area contributed by atoms with Crippen LogP contribution in [0.1, 0.15) is 30.9 Å². The van der Waals surface area contributed by atoms with Gasteiger partial charge in [0.25, 0.3) is 0 Å². The van der Waals surface area contributed by atoms with Gasteiger partial charge in [0.05, 0.1) is 5.69 Å². The molecule has 3 heteroatoms. The molecule has 2 aromatic carbocycles. The van der Waals surface area contributed by atoms with Crippen LogP contribution >= 0.6 is 15.9 Å². The Kier molecular flexibility index (Phi) is 4.15. The third-order valence-electron chi connectivity index (χ3n) is 3.10. The molecule has 2 nitrogen and oxygen atoms in total. The second-order valence-corrected chi connectivity index (χ2v) is 5.84. The molecule has 0 heterocycles. The van der Waals surface area contributed by atoms with E-state index in [9.17, 15) is 0 Å². The van der Waals surface area contributed by atoms with Crippen LogP contribution in [0.15, 0.2) is 40.9 Å². The first kappa shape index (κ1) is 13.9. The number of hydrogen-bond acceptors (Lipinski definition) is 2. The summed E-state index contributed by atoms with van der Waals surface area (Å²) in [6, 6.07) is 11.9. The van der Waals surface area contributed by atoms with Crippen LogP contribution in [0, 0.1) is 6.92 Å². The Labute approximate surface area is 122 Å². The molecule has 2 N–H and O–H groups in total. The van der Waals surface area contributed by atoms with E-state index >= 15 is 0 Å². The van der Waals surface area contributed by atoms with Gasteiger partial charge >= 0.3 is 0 Å². The third-order valence-corrected chi connectivity index (χ3v) is 3.59. The summed E-state index contributed by atoms with van der Waals surface area (Å²) in [5, 5.41) is 0. The van der Waals surface area contributed by atoms with Gasteiger partial charge in [0.1, 0.15) is 5.75 Å². The highest BCUT2D eigenvalue weighted by Gasteiger charge is 2.11. The molecule has 0 aromatic heterocycles. The van der Waals surface area contributed by atoms with Crippen LogP contribution in [-0.2, 0) is 0 Å². The molecule has 0 aliphatic heterocycles. The van der Waals surface area contributed by atoms with Gasteiger partial charge in [-0.25, -0.2) is 0 Å². The molecule has 0 unspecified atom stereocenters. The minimum atomic E-state index is 0.388. The van der Waals surface area contributed by atoms with Crippen LogP contribution in [0.3, 0.4) is 0 Å². The number of aryl methyl sites for hydroxylation is 1. The number of anilines is 1. The predicted octanol–water partition coefficient (Wildman–Crippen LogP) is 5.26. The Morgan fingerprint density at radius 1 is 1.11 bits per heavy atom. The maximum absolute atomic E-state index is 6.05. The fraction of sp³-hybridized carbons (Fsp3) is 0.250. The number of rotatable bonds is 3. The quantitative estimate of drug-likeness (QED) is 0.783. The molecule has 0 fully saturated rings. The van der Waals surface area contributed by atoms with Gasteiger partial charge in [-0.15, -0.1) is 0 Å². The third kappa shape index (κ3) is 3.10. The SMILES string of the molecule is Cc1cccc(Oc2ccc(Br)cc2C(C)C)c1N. The lowest BCUT2D eigenvalue weighted by molar-refractivity contribution is 0.475. The molecule has 0 atom stereocenters. The Hall–Kier alpha value is -1.48. The van der Waals surface area contributed by atoms with Crippen molar-refractivity contribution < 1.29 is 4.74 Å². The number of nitrogen functional groups attached to an aromatic ring is 1. The number of halogens is 1. The van der Waals surface area contributed by atoms with E-state index in [0.29, 0.717) is 17.4 Å². The fourth-order valence-corrected chi connectivity index (χ4v) is 2.30. The van der Waals surface area contributed by atoms with Crippen molar-refractivity contribution in [1.29, 1.82) is 0 Å². The molecule has 0 aliphatic rings. The Morgan fingerprint density at radius 2 is 1.84 bits per heavy atom. The summed E-state index contributed by atoms with van der Waals surface area (Å²) in [6.45, 7) is 6.27. The summed E-state index contributed by atoms with van der Waals surface area (Å²) in [5.41, 5.74) is 8.94. The van der Waals surface area contributed by atoms with E-state index in [1.807, 2.05) is 37.3 Å². The van der Waals surface area contributed by atoms with Crippen molar-refractivity contribution in [2.45, 2.75) is 26.7 Å². The highest BCUT2D eigenvalue weighted by atomic mass is 79.9. The molecule has 100 valence electrons. The van der Waals surface area contributed by atoms with Crippen molar-refractivity contribution in [3.8, 4) is 11.5 Å². The van der Waals surface area contributed by atoms with E-state index in [0.717, 1.165) is 21.3 Å². The van der Waals surface area contributed by atoms with Crippen LogP contribution in [0.4, 0.5) is 5.69 Å². The Bertz CT molecular complexity index is 593. The zero-order chi connectivity index (χ0) is 14.0. The molecule has 0 amide bonds. The van der Waals surface area contributed by atoms with Gasteiger partial charge in [0.15, 0.2) is 5.75 Å². The average molecular weight is 320 g/mol. The topological polar surface area (TPSA) is 35.2 Å². The fourth-order valence-electron chi connectivity index (χ4n) is 1.92. The molecular formula is C16H18BrNO. The van der Waals surface area contributed by atoms with Gasteiger partial charge in [0, 0.05) is 4.47 Å². The van der Waals surface area contributed by atoms with Crippen molar-refractivity contribution >= 4 is 21.6 Å². The van der Waals surface area contributed by atoms with Crippen molar-refractivity contribution in [3.63, 3.8) is 0 Å². The zero-order valence-electron chi connectivity index (χ0n) is 11.4. The Morgan fingerprint density at radius 3 is 2.53 bits per heavy atom. The maximum Gasteiger partial charge on any atom is 0.150 e. The molecule has 2 rings (SSSR count).